The highest BCUT2D eigenvalue weighted by atomic mass is 35.5. The van der Waals surface area contributed by atoms with Crippen molar-refractivity contribution in [1.29, 1.82) is 0 Å². The normalized spacial score (nSPS) is 10.4. The van der Waals surface area contributed by atoms with Crippen LogP contribution in [0.2, 0.25) is 5.15 Å². The first-order chi connectivity index (χ1) is 8.17. The molecule has 1 heterocycles. The summed E-state index contributed by atoms with van der Waals surface area (Å²) in [6, 6.07) is 0. The molecule has 1 rings (SSSR count). The van der Waals surface area contributed by atoms with Crippen LogP contribution in [0.3, 0.4) is 0 Å². The van der Waals surface area contributed by atoms with Crippen LogP contribution in [-0.2, 0) is 0 Å². The van der Waals surface area contributed by atoms with Gasteiger partial charge in [0.1, 0.15) is 11.0 Å². The summed E-state index contributed by atoms with van der Waals surface area (Å²) < 4.78 is 0. The molecule has 0 atom stereocenters. The fraction of sp³-hybridized carbons (Fsp3) is 0.545. The number of carbonyl (C=O) groups is 1. The van der Waals surface area contributed by atoms with E-state index in [1.807, 2.05) is 25.7 Å². The average Bonchev–Trinajstić information content (AvgIpc) is 2.31. The Morgan fingerprint density at radius 1 is 1.29 bits per heavy atom. The molecule has 0 aliphatic carbocycles. The number of rotatable bonds is 6. The first-order valence-electron chi connectivity index (χ1n) is 5.58. The Hall–Kier alpha value is -0.810. The van der Waals surface area contributed by atoms with Gasteiger partial charge in [0.15, 0.2) is 11.4 Å². The molecule has 0 unspecified atom stereocenters. The van der Waals surface area contributed by atoms with E-state index in [4.69, 9.17) is 11.6 Å². The molecule has 0 aromatic carbocycles. The zero-order valence-electron chi connectivity index (χ0n) is 10.2. The maximum absolute atomic E-state index is 11.1. The Bertz CT molecular complexity index is 397. The molecule has 0 amide bonds. The third-order valence-electron chi connectivity index (χ3n) is 2.31. The van der Waals surface area contributed by atoms with Gasteiger partial charge in [-0.3, -0.25) is 4.79 Å². The van der Waals surface area contributed by atoms with Crippen molar-refractivity contribution in [2.75, 3.05) is 23.7 Å². The van der Waals surface area contributed by atoms with E-state index in [1.54, 1.807) is 0 Å². The first kappa shape index (κ1) is 14.3. The Kier molecular flexibility index (Phi) is 5.71. The molecule has 1 aromatic rings. The number of aldehydes is 1. The highest BCUT2D eigenvalue weighted by Gasteiger charge is 2.16. The van der Waals surface area contributed by atoms with Crippen LogP contribution in [0.25, 0.3) is 0 Å². The van der Waals surface area contributed by atoms with Crippen LogP contribution < -0.4 is 4.90 Å². The van der Waals surface area contributed by atoms with Crippen molar-refractivity contribution in [2.45, 2.75) is 25.9 Å². The highest BCUT2D eigenvalue weighted by Crippen LogP contribution is 2.26. The van der Waals surface area contributed by atoms with Crippen LogP contribution in [0.1, 0.15) is 31.1 Å². The number of halogens is 1. The highest BCUT2D eigenvalue weighted by molar-refractivity contribution is 7.99. The minimum Gasteiger partial charge on any atom is -0.356 e. The number of hydrogen-bond acceptors (Lipinski definition) is 5. The molecule has 4 nitrogen and oxygen atoms in total. The van der Waals surface area contributed by atoms with Gasteiger partial charge < -0.3 is 4.90 Å². The van der Waals surface area contributed by atoms with Gasteiger partial charge in [0, 0.05) is 13.1 Å². The molecule has 0 spiro atoms. The first-order valence-corrected chi connectivity index (χ1v) is 6.94. The lowest BCUT2D eigenvalue weighted by atomic mass is 10.3. The maximum atomic E-state index is 11.1. The van der Waals surface area contributed by atoms with E-state index in [-0.39, 0.29) is 5.15 Å². The number of aromatic nitrogens is 2. The SMILES string of the molecule is CCSc1nc(Cl)c(C=O)c(N(CC)CC)n1. The van der Waals surface area contributed by atoms with Gasteiger partial charge in [-0.05, 0) is 19.6 Å². The molecule has 0 aliphatic heterocycles. The largest absolute Gasteiger partial charge is 0.356 e. The van der Waals surface area contributed by atoms with Gasteiger partial charge in [0.2, 0.25) is 0 Å². The molecule has 0 bridgehead atoms. The Morgan fingerprint density at radius 3 is 2.41 bits per heavy atom. The summed E-state index contributed by atoms with van der Waals surface area (Å²) in [5.74, 6) is 1.50. The van der Waals surface area contributed by atoms with E-state index in [0.29, 0.717) is 16.5 Å². The molecular weight excluding hydrogens is 258 g/mol. The maximum Gasteiger partial charge on any atom is 0.190 e. The quantitative estimate of drug-likeness (QED) is 0.345. The van der Waals surface area contributed by atoms with Crippen LogP contribution in [0.15, 0.2) is 5.16 Å². The summed E-state index contributed by atoms with van der Waals surface area (Å²) in [5.41, 5.74) is 0.371. The molecule has 0 fully saturated rings. The third-order valence-corrected chi connectivity index (χ3v) is 3.33. The standard InChI is InChI=1S/C11H16ClN3OS/c1-4-15(5-2)10-8(7-16)9(12)13-11(14-10)17-6-3/h7H,4-6H2,1-3H3. The smallest absolute Gasteiger partial charge is 0.190 e. The molecule has 94 valence electrons. The van der Waals surface area contributed by atoms with Crippen LogP contribution in [0.5, 0.6) is 0 Å². The predicted octanol–water partition coefficient (Wildman–Crippen LogP) is 2.90. The lowest BCUT2D eigenvalue weighted by Gasteiger charge is -2.21. The number of nitrogens with zero attached hydrogens (tertiary/aromatic N) is 3. The van der Waals surface area contributed by atoms with E-state index in [0.717, 1.165) is 25.1 Å². The number of anilines is 1. The summed E-state index contributed by atoms with van der Waals surface area (Å²) >= 11 is 7.52. The van der Waals surface area contributed by atoms with E-state index in [2.05, 4.69) is 9.97 Å². The Labute approximate surface area is 111 Å². The third kappa shape index (κ3) is 3.33. The summed E-state index contributed by atoms with van der Waals surface area (Å²) in [6.45, 7) is 7.61. The van der Waals surface area contributed by atoms with Gasteiger partial charge in [-0.1, -0.05) is 30.3 Å². The van der Waals surface area contributed by atoms with Gasteiger partial charge in [0.05, 0.1) is 5.56 Å². The van der Waals surface area contributed by atoms with Crippen LogP contribution >= 0.6 is 23.4 Å². The van der Waals surface area contributed by atoms with E-state index < -0.39 is 0 Å². The van der Waals surface area contributed by atoms with Gasteiger partial charge in [0.25, 0.3) is 0 Å². The van der Waals surface area contributed by atoms with Crippen molar-refractivity contribution in [2.24, 2.45) is 0 Å². The second kappa shape index (κ2) is 6.81. The van der Waals surface area contributed by atoms with Gasteiger partial charge in [-0.25, -0.2) is 9.97 Å². The molecule has 0 N–H and O–H groups in total. The van der Waals surface area contributed by atoms with Crippen LogP contribution in [-0.4, -0.2) is 35.1 Å². The summed E-state index contributed by atoms with van der Waals surface area (Å²) in [7, 11) is 0. The van der Waals surface area contributed by atoms with Crippen LogP contribution in [0, 0.1) is 0 Å². The van der Waals surface area contributed by atoms with E-state index in [9.17, 15) is 4.79 Å². The Morgan fingerprint density at radius 2 is 1.94 bits per heavy atom. The monoisotopic (exact) mass is 273 g/mol. The second-order valence-electron chi connectivity index (χ2n) is 3.26. The van der Waals surface area contributed by atoms with Crippen molar-refractivity contribution in [1.82, 2.24) is 9.97 Å². The molecule has 1 aromatic heterocycles. The minimum atomic E-state index is 0.229. The summed E-state index contributed by atoms with van der Waals surface area (Å²) in [6.07, 6.45) is 0.719. The molecule has 17 heavy (non-hydrogen) atoms. The zero-order valence-corrected chi connectivity index (χ0v) is 11.8. The fourth-order valence-corrected chi connectivity index (χ4v) is 2.30. The molecule has 0 saturated carbocycles. The van der Waals surface area contributed by atoms with E-state index in [1.165, 1.54) is 11.8 Å². The predicted molar refractivity (Wildman–Crippen MR) is 72.4 cm³/mol. The van der Waals surface area contributed by atoms with Gasteiger partial charge >= 0.3 is 0 Å². The van der Waals surface area contributed by atoms with Crippen molar-refractivity contribution in [3.05, 3.63) is 10.7 Å². The van der Waals surface area contributed by atoms with Crippen LogP contribution in [0.4, 0.5) is 5.82 Å². The number of thioether (sulfide) groups is 1. The van der Waals surface area contributed by atoms with Gasteiger partial charge in [-0.2, -0.15) is 0 Å². The van der Waals surface area contributed by atoms with Crippen molar-refractivity contribution >= 4 is 35.5 Å². The minimum absolute atomic E-state index is 0.229. The fourth-order valence-electron chi connectivity index (χ4n) is 1.47. The molecule has 0 saturated heterocycles. The van der Waals surface area contributed by atoms with Crippen molar-refractivity contribution in [3.63, 3.8) is 0 Å². The molecule has 0 aliphatic rings. The lowest BCUT2D eigenvalue weighted by Crippen LogP contribution is -2.25. The van der Waals surface area contributed by atoms with Gasteiger partial charge in [-0.15, -0.1) is 0 Å². The topological polar surface area (TPSA) is 46.1 Å². The second-order valence-corrected chi connectivity index (χ2v) is 4.85. The molecular formula is C11H16ClN3OS. The van der Waals surface area contributed by atoms with Crippen molar-refractivity contribution < 1.29 is 4.79 Å². The summed E-state index contributed by atoms with van der Waals surface area (Å²) in [5, 5.41) is 0.845. The Balaban J connectivity index is 3.27. The van der Waals surface area contributed by atoms with E-state index >= 15 is 0 Å². The zero-order chi connectivity index (χ0) is 12.8. The number of carbonyl (C=O) groups excluding carboxylic acids is 1. The molecule has 0 radical (unpaired) electrons. The van der Waals surface area contributed by atoms with Crippen molar-refractivity contribution in [3.8, 4) is 0 Å². The average molecular weight is 274 g/mol. The lowest BCUT2D eigenvalue weighted by molar-refractivity contribution is 0.112. The molecule has 6 heteroatoms. The number of hydrogen-bond donors (Lipinski definition) is 0. The summed E-state index contributed by atoms with van der Waals surface area (Å²) in [4.78, 5) is 21.6.